The van der Waals surface area contributed by atoms with Gasteiger partial charge < -0.3 is 10.1 Å². The molecule has 144 valence electrons. The van der Waals surface area contributed by atoms with Crippen LogP contribution in [0.15, 0.2) is 69.8 Å². The summed E-state index contributed by atoms with van der Waals surface area (Å²) in [6.45, 7) is 3.76. The molecule has 2 heterocycles. The number of carbonyl (C=O) groups excluding carboxylic acids is 2. The summed E-state index contributed by atoms with van der Waals surface area (Å²) in [6, 6.07) is 8.78. The zero-order valence-corrected chi connectivity index (χ0v) is 16.9. The van der Waals surface area contributed by atoms with E-state index in [1.165, 1.54) is 11.8 Å². The van der Waals surface area contributed by atoms with Crippen LogP contribution >= 0.6 is 23.4 Å². The number of benzene rings is 1. The molecular weight excluding hydrogens is 398 g/mol. The average Bonchev–Trinajstić information content (AvgIpc) is 2.69. The Kier molecular flexibility index (Phi) is 6.49. The number of dihydropyridines is 1. The van der Waals surface area contributed by atoms with Crippen LogP contribution in [0.4, 0.5) is 0 Å². The molecule has 1 aliphatic heterocycles. The summed E-state index contributed by atoms with van der Waals surface area (Å²) in [6.07, 6.45) is 4.01. The van der Waals surface area contributed by atoms with Crippen molar-refractivity contribution in [3.63, 3.8) is 0 Å². The predicted octanol–water partition coefficient (Wildman–Crippen LogP) is 3.86. The second-order valence-electron chi connectivity index (χ2n) is 5.90. The number of halogens is 1. The van der Waals surface area contributed by atoms with Crippen LogP contribution in [0.2, 0.25) is 5.02 Å². The van der Waals surface area contributed by atoms with Crippen molar-refractivity contribution in [1.82, 2.24) is 15.3 Å². The van der Waals surface area contributed by atoms with E-state index in [4.69, 9.17) is 16.3 Å². The fourth-order valence-electron chi connectivity index (χ4n) is 2.93. The first kappa shape index (κ1) is 20.1. The molecule has 8 heteroatoms. The molecule has 0 unspecified atom stereocenters. The van der Waals surface area contributed by atoms with Crippen molar-refractivity contribution < 1.29 is 14.3 Å². The highest BCUT2D eigenvalue weighted by molar-refractivity contribution is 8.02. The van der Waals surface area contributed by atoms with Crippen molar-refractivity contribution in [2.45, 2.75) is 24.9 Å². The normalized spacial score (nSPS) is 16.6. The number of hydrogen-bond acceptors (Lipinski definition) is 7. The summed E-state index contributed by atoms with van der Waals surface area (Å²) in [7, 11) is 0. The number of aromatic nitrogens is 2. The lowest BCUT2D eigenvalue weighted by molar-refractivity contribution is -0.138. The summed E-state index contributed by atoms with van der Waals surface area (Å²) in [5.74, 6) is -1.05. The van der Waals surface area contributed by atoms with Gasteiger partial charge in [-0.1, -0.05) is 23.7 Å². The number of hydrogen-bond donors (Lipinski definition) is 1. The summed E-state index contributed by atoms with van der Waals surface area (Å²) < 4.78 is 5.24. The molecule has 2 aromatic rings. The van der Waals surface area contributed by atoms with Gasteiger partial charge in [-0.2, -0.15) is 0 Å². The molecule has 0 fully saturated rings. The van der Waals surface area contributed by atoms with Crippen LogP contribution in [0.3, 0.4) is 0 Å². The van der Waals surface area contributed by atoms with Gasteiger partial charge in [0, 0.05) is 34.6 Å². The van der Waals surface area contributed by atoms with Crippen molar-refractivity contribution in [2.24, 2.45) is 0 Å². The number of nitrogens with zero attached hydrogens (tertiary/aromatic N) is 2. The molecule has 0 saturated carbocycles. The highest BCUT2D eigenvalue weighted by Gasteiger charge is 2.35. The van der Waals surface area contributed by atoms with Crippen molar-refractivity contribution in [1.29, 1.82) is 0 Å². The van der Waals surface area contributed by atoms with Gasteiger partial charge in [-0.15, -0.1) is 0 Å². The Balaban J connectivity index is 2.11. The molecule has 3 rings (SSSR count). The third-order valence-corrected chi connectivity index (χ3v) is 5.32. The van der Waals surface area contributed by atoms with E-state index in [1.54, 1.807) is 56.6 Å². The first-order chi connectivity index (χ1) is 13.5. The number of rotatable bonds is 6. The first-order valence-corrected chi connectivity index (χ1v) is 9.79. The van der Waals surface area contributed by atoms with Gasteiger partial charge in [-0.3, -0.25) is 4.79 Å². The van der Waals surface area contributed by atoms with E-state index in [0.29, 0.717) is 32.1 Å². The molecule has 0 saturated heterocycles. The Morgan fingerprint density at radius 3 is 2.57 bits per heavy atom. The van der Waals surface area contributed by atoms with Gasteiger partial charge >= 0.3 is 5.97 Å². The summed E-state index contributed by atoms with van der Waals surface area (Å²) in [5, 5.41) is 4.79. The van der Waals surface area contributed by atoms with E-state index in [0.717, 1.165) is 11.8 Å². The molecular formula is C20H18ClN3O3S. The van der Waals surface area contributed by atoms with E-state index >= 15 is 0 Å². The predicted molar refractivity (Wildman–Crippen MR) is 108 cm³/mol. The van der Waals surface area contributed by atoms with Gasteiger partial charge in [0.2, 0.25) is 0 Å². The number of esters is 1. The molecule has 1 aromatic heterocycles. The number of allylic oxidation sites excluding steroid dienone is 2. The Labute approximate surface area is 172 Å². The Morgan fingerprint density at radius 2 is 1.96 bits per heavy atom. The van der Waals surface area contributed by atoms with Crippen molar-refractivity contribution in [3.8, 4) is 0 Å². The smallest absolute Gasteiger partial charge is 0.336 e. The fraction of sp³-hybridized carbons (Fsp3) is 0.200. The van der Waals surface area contributed by atoms with E-state index in [9.17, 15) is 9.59 Å². The maximum Gasteiger partial charge on any atom is 0.336 e. The monoisotopic (exact) mass is 415 g/mol. The van der Waals surface area contributed by atoms with Crippen LogP contribution < -0.4 is 5.32 Å². The highest BCUT2D eigenvalue weighted by atomic mass is 35.5. The maximum atomic E-state index is 12.7. The lowest BCUT2D eigenvalue weighted by atomic mass is 9.82. The van der Waals surface area contributed by atoms with Crippen molar-refractivity contribution in [2.75, 3.05) is 6.61 Å². The number of nitrogens with one attached hydrogen (secondary N) is 1. The largest absolute Gasteiger partial charge is 0.463 e. The van der Waals surface area contributed by atoms with E-state index in [2.05, 4.69) is 15.3 Å². The van der Waals surface area contributed by atoms with Gasteiger partial charge in [-0.05, 0) is 49.4 Å². The van der Waals surface area contributed by atoms with Crippen LogP contribution in [-0.4, -0.2) is 28.8 Å². The quantitative estimate of drug-likeness (QED) is 0.436. The molecule has 1 N–H and O–H groups in total. The topological polar surface area (TPSA) is 81.2 Å². The zero-order chi connectivity index (χ0) is 20.1. The van der Waals surface area contributed by atoms with Crippen LogP contribution in [0.1, 0.15) is 25.3 Å². The molecule has 0 spiro atoms. The molecule has 1 atom stereocenters. The molecule has 1 aromatic carbocycles. The number of thioether (sulfide) groups is 1. The van der Waals surface area contributed by atoms with Crippen LogP contribution in [-0.2, 0) is 14.3 Å². The third-order valence-electron chi connectivity index (χ3n) is 4.13. The minimum Gasteiger partial charge on any atom is -0.463 e. The number of aldehydes is 1. The molecule has 6 nitrogen and oxygen atoms in total. The maximum absolute atomic E-state index is 12.7. The van der Waals surface area contributed by atoms with E-state index < -0.39 is 11.9 Å². The standard InChI is InChI=1S/C20H18ClN3O3S/c1-3-27-19(26)16-12(2)24-18(28-20-22-9-4-10-23-20)15(11-25)17(16)13-5-7-14(21)8-6-13/h4-11,17,24H,3H2,1-2H3/t17-/m1/s1. The third kappa shape index (κ3) is 4.26. The summed E-state index contributed by atoms with van der Waals surface area (Å²) in [4.78, 5) is 33.2. The Bertz CT molecular complexity index is 943. The lowest BCUT2D eigenvalue weighted by Crippen LogP contribution is -2.29. The second-order valence-corrected chi connectivity index (χ2v) is 7.32. The van der Waals surface area contributed by atoms with Crippen LogP contribution in [0.5, 0.6) is 0 Å². The van der Waals surface area contributed by atoms with Gasteiger partial charge in [0.05, 0.1) is 17.2 Å². The van der Waals surface area contributed by atoms with Crippen molar-refractivity contribution in [3.05, 3.63) is 75.2 Å². The van der Waals surface area contributed by atoms with Gasteiger partial charge in [0.25, 0.3) is 0 Å². The summed E-state index contributed by atoms with van der Waals surface area (Å²) >= 11 is 7.25. The molecule has 0 bridgehead atoms. The van der Waals surface area contributed by atoms with Gasteiger partial charge in [0.1, 0.15) is 6.29 Å². The molecule has 0 amide bonds. The Hall–Kier alpha value is -2.64. The second kappa shape index (κ2) is 9.03. The molecule has 0 radical (unpaired) electrons. The first-order valence-electron chi connectivity index (χ1n) is 8.59. The fourth-order valence-corrected chi connectivity index (χ4v) is 3.95. The molecule has 28 heavy (non-hydrogen) atoms. The number of ether oxygens (including phenoxy) is 1. The molecule has 0 aliphatic carbocycles. The summed E-state index contributed by atoms with van der Waals surface area (Å²) in [5.41, 5.74) is 2.18. The molecule has 1 aliphatic rings. The lowest BCUT2D eigenvalue weighted by Gasteiger charge is -2.29. The SMILES string of the molecule is CCOC(=O)C1=C(C)NC(Sc2ncccn2)=C(C=O)[C@H]1c1ccc(Cl)cc1. The minimum atomic E-state index is -0.582. The van der Waals surface area contributed by atoms with E-state index in [-0.39, 0.29) is 6.61 Å². The highest BCUT2D eigenvalue weighted by Crippen LogP contribution is 2.41. The van der Waals surface area contributed by atoms with Gasteiger partial charge in [-0.25, -0.2) is 14.8 Å². The van der Waals surface area contributed by atoms with Crippen molar-refractivity contribution >= 4 is 35.6 Å². The zero-order valence-electron chi connectivity index (χ0n) is 15.3. The van der Waals surface area contributed by atoms with Crippen LogP contribution in [0.25, 0.3) is 0 Å². The number of carbonyl (C=O) groups is 2. The Morgan fingerprint density at radius 1 is 1.29 bits per heavy atom. The average molecular weight is 416 g/mol. The van der Waals surface area contributed by atoms with E-state index in [1.807, 2.05) is 0 Å². The minimum absolute atomic E-state index is 0.239. The van der Waals surface area contributed by atoms with Crippen LogP contribution in [0, 0.1) is 0 Å². The van der Waals surface area contributed by atoms with Gasteiger partial charge in [0.15, 0.2) is 5.16 Å².